The standard InChI is InChI=1S/C19H19NO5S/c1-10-5-6-13(9-11(10)2)16-12(3)26-18(17(16)19(24)25-4)20-14(21)7-8-15(22)23/h5-9H,1-4H3,(H,20,21)(H,22,23)/b8-7+. The van der Waals surface area contributed by atoms with Gasteiger partial charge in [-0.05, 0) is 37.5 Å². The van der Waals surface area contributed by atoms with Crippen LogP contribution >= 0.6 is 11.3 Å². The molecule has 0 fully saturated rings. The molecule has 2 N–H and O–H groups in total. The minimum Gasteiger partial charge on any atom is -0.478 e. The minimum atomic E-state index is -1.23. The summed E-state index contributed by atoms with van der Waals surface area (Å²) in [6.45, 7) is 5.84. The van der Waals surface area contributed by atoms with Gasteiger partial charge in [-0.3, -0.25) is 4.79 Å². The fourth-order valence-corrected chi connectivity index (χ4v) is 3.54. The van der Waals surface area contributed by atoms with Gasteiger partial charge in [-0.15, -0.1) is 11.3 Å². The number of rotatable bonds is 5. The molecule has 0 aliphatic carbocycles. The maximum absolute atomic E-state index is 12.4. The van der Waals surface area contributed by atoms with Gasteiger partial charge in [-0.25, -0.2) is 9.59 Å². The van der Waals surface area contributed by atoms with E-state index in [9.17, 15) is 14.4 Å². The molecule has 2 rings (SSSR count). The Labute approximate surface area is 155 Å². The Morgan fingerprint density at radius 2 is 1.81 bits per heavy atom. The van der Waals surface area contributed by atoms with Gasteiger partial charge in [0.25, 0.3) is 0 Å². The van der Waals surface area contributed by atoms with Crippen LogP contribution in [-0.4, -0.2) is 30.1 Å². The molecular weight excluding hydrogens is 354 g/mol. The zero-order chi connectivity index (χ0) is 19.4. The molecule has 2 aromatic rings. The molecule has 0 aliphatic heterocycles. The first kappa shape index (κ1) is 19.4. The van der Waals surface area contributed by atoms with Crippen molar-refractivity contribution >= 4 is 34.2 Å². The number of carbonyl (C=O) groups excluding carboxylic acids is 2. The van der Waals surface area contributed by atoms with E-state index >= 15 is 0 Å². The number of esters is 1. The van der Waals surface area contributed by atoms with E-state index in [1.54, 1.807) is 0 Å². The van der Waals surface area contributed by atoms with Crippen LogP contribution in [0.2, 0.25) is 0 Å². The lowest BCUT2D eigenvalue weighted by Gasteiger charge is -2.09. The van der Waals surface area contributed by atoms with Gasteiger partial charge in [0.15, 0.2) is 0 Å². The topological polar surface area (TPSA) is 92.7 Å². The Kier molecular flexibility index (Phi) is 5.94. The summed E-state index contributed by atoms with van der Waals surface area (Å²) in [6.07, 6.45) is 1.63. The van der Waals surface area contributed by atoms with Crippen molar-refractivity contribution in [2.45, 2.75) is 20.8 Å². The van der Waals surface area contributed by atoms with Crippen molar-refractivity contribution in [3.63, 3.8) is 0 Å². The number of nitrogens with one attached hydrogen (secondary N) is 1. The van der Waals surface area contributed by atoms with Gasteiger partial charge < -0.3 is 15.2 Å². The third kappa shape index (κ3) is 4.18. The third-order valence-electron chi connectivity index (χ3n) is 3.88. The summed E-state index contributed by atoms with van der Waals surface area (Å²) in [5, 5.41) is 11.5. The molecule has 26 heavy (non-hydrogen) atoms. The molecule has 0 atom stereocenters. The monoisotopic (exact) mass is 373 g/mol. The number of methoxy groups -OCH3 is 1. The van der Waals surface area contributed by atoms with Gasteiger partial charge in [0, 0.05) is 22.6 Å². The second-order valence-corrected chi connectivity index (χ2v) is 6.91. The fourth-order valence-electron chi connectivity index (χ4n) is 2.47. The van der Waals surface area contributed by atoms with Crippen molar-refractivity contribution in [1.29, 1.82) is 0 Å². The molecule has 0 saturated carbocycles. The van der Waals surface area contributed by atoms with Crippen molar-refractivity contribution in [2.75, 3.05) is 12.4 Å². The molecule has 0 aliphatic rings. The first-order chi connectivity index (χ1) is 12.2. The largest absolute Gasteiger partial charge is 0.478 e. The number of hydrogen-bond donors (Lipinski definition) is 2. The summed E-state index contributed by atoms with van der Waals surface area (Å²) in [5.41, 5.74) is 4.02. The summed E-state index contributed by atoms with van der Waals surface area (Å²) in [4.78, 5) is 35.7. The lowest BCUT2D eigenvalue weighted by molar-refractivity contribution is -0.131. The van der Waals surface area contributed by atoms with Crippen LogP contribution in [-0.2, 0) is 14.3 Å². The first-order valence-electron chi connectivity index (χ1n) is 7.76. The van der Waals surface area contributed by atoms with Crippen LogP contribution in [0.4, 0.5) is 5.00 Å². The molecule has 136 valence electrons. The van der Waals surface area contributed by atoms with Crippen molar-refractivity contribution in [1.82, 2.24) is 0 Å². The highest BCUT2D eigenvalue weighted by molar-refractivity contribution is 7.17. The van der Waals surface area contributed by atoms with Gasteiger partial charge in [0.1, 0.15) is 10.6 Å². The van der Waals surface area contributed by atoms with E-state index in [0.29, 0.717) is 10.6 Å². The Hall–Kier alpha value is -2.93. The molecule has 1 heterocycles. The second kappa shape index (κ2) is 7.97. The van der Waals surface area contributed by atoms with Crippen LogP contribution in [0.25, 0.3) is 11.1 Å². The van der Waals surface area contributed by atoms with E-state index in [1.807, 2.05) is 39.0 Å². The number of carboxylic acid groups (broad SMARTS) is 1. The first-order valence-corrected chi connectivity index (χ1v) is 8.57. The molecule has 7 heteroatoms. The Balaban J connectivity index is 2.54. The Morgan fingerprint density at radius 3 is 2.38 bits per heavy atom. The number of ether oxygens (including phenoxy) is 1. The SMILES string of the molecule is COC(=O)c1c(NC(=O)/C=C/C(=O)O)sc(C)c1-c1ccc(C)c(C)c1. The lowest BCUT2D eigenvalue weighted by atomic mass is 9.97. The number of benzene rings is 1. The van der Waals surface area contributed by atoms with Crippen LogP contribution < -0.4 is 5.32 Å². The maximum atomic E-state index is 12.4. The van der Waals surface area contributed by atoms with Crippen LogP contribution in [0.5, 0.6) is 0 Å². The number of hydrogen-bond acceptors (Lipinski definition) is 5. The van der Waals surface area contributed by atoms with Crippen LogP contribution in [0, 0.1) is 20.8 Å². The molecule has 1 aromatic carbocycles. The molecule has 0 radical (unpaired) electrons. The lowest BCUT2D eigenvalue weighted by Crippen LogP contribution is -2.12. The molecule has 1 aromatic heterocycles. The smallest absolute Gasteiger partial charge is 0.341 e. The average molecular weight is 373 g/mol. The van der Waals surface area contributed by atoms with E-state index < -0.39 is 17.8 Å². The molecule has 0 unspecified atom stereocenters. The van der Waals surface area contributed by atoms with Gasteiger partial charge in [0.05, 0.1) is 7.11 Å². The number of carboxylic acids is 1. The number of amides is 1. The number of thiophene rings is 1. The Bertz CT molecular complexity index is 911. The van der Waals surface area contributed by atoms with Crippen molar-refractivity contribution < 1.29 is 24.2 Å². The van der Waals surface area contributed by atoms with Crippen LogP contribution in [0.3, 0.4) is 0 Å². The van der Waals surface area contributed by atoms with Gasteiger partial charge in [0.2, 0.25) is 5.91 Å². The summed E-state index contributed by atoms with van der Waals surface area (Å²) in [7, 11) is 1.27. The zero-order valence-corrected chi connectivity index (χ0v) is 15.7. The van der Waals surface area contributed by atoms with Gasteiger partial charge >= 0.3 is 11.9 Å². The fraction of sp³-hybridized carbons (Fsp3) is 0.211. The minimum absolute atomic E-state index is 0.260. The van der Waals surface area contributed by atoms with Crippen molar-refractivity contribution in [3.8, 4) is 11.1 Å². The Morgan fingerprint density at radius 1 is 1.12 bits per heavy atom. The second-order valence-electron chi connectivity index (χ2n) is 5.69. The highest BCUT2D eigenvalue weighted by Gasteiger charge is 2.25. The highest BCUT2D eigenvalue weighted by atomic mass is 32.1. The van der Waals surface area contributed by atoms with Gasteiger partial charge in [-0.1, -0.05) is 18.2 Å². The maximum Gasteiger partial charge on any atom is 0.341 e. The average Bonchev–Trinajstić information content (AvgIpc) is 2.90. The van der Waals surface area contributed by atoms with E-state index in [2.05, 4.69) is 5.32 Å². The van der Waals surface area contributed by atoms with Crippen LogP contribution in [0.1, 0.15) is 26.4 Å². The van der Waals surface area contributed by atoms with Crippen molar-refractivity contribution in [2.24, 2.45) is 0 Å². The normalized spacial score (nSPS) is 10.8. The van der Waals surface area contributed by atoms with Gasteiger partial charge in [-0.2, -0.15) is 0 Å². The highest BCUT2D eigenvalue weighted by Crippen LogP contribution is 2.40. The predicted molar refractivity (Wildman–Crippen MR) is 101 cm³/mol. The van der Waals surface area contributed by atoms with E-state index in [0.717, 1.165) is 33.7 Å². The predicted octanol–water partition coefficient (Wildman–Crippen LogP) is 3.71. The third-order valence-corrected chi connectivity index (χ3v) is 4.90. The van der Waals surface area contributed by atoms with E-state index in [4.69, 9.17) is 9.84 Å². The van der Waals surface area contributed by atoms with Crippen LogP contribution in [0.15, 0.2) is 30.4 Å². The number of carbonyl (C=O) groups is 3. The molecule has 0 spiro atoms. The molecule has 0 bridgehead atoms. The molecule has 6 nitrogen and oxygen atoms in total. The number of aliphatic carboxylic acids is 1. The zero-order valence-electron chi connectivity index (χ0n) is 14.9. The van der Waals surface area contributed by atoms with E-state index in [1.165, 1.54) is 18.4 Å². The quantitative estimate of drug-likeness (QED) is 0.616. The number of anilines is 1. The van der Waals surface area contributed by atoms with E-state index in [-0.39, 0.29) is 5.56 Å². The summed E-state index contributed by atoms with van der Waals surface area (Å²) in [6, 6.07) is 5.86. The summed E-state index contributed by atoms with van der Waals surface area (Å²) in [5.74, 6) is -2.43. The van der Waals surface area contributed by atoms with Crippen molar-refractivity contribution in [3.05, 3.63) is 51.9 Å². The summed E-state index contributed by atoms with van der Waals surface area (Å²) >= 11 is 1.24. The number of aryl methyl sites for hydroxylation is 3. The molecule has 1 amide bonds. The molecular formula is C19H19NO5S. The summed E-state index contributed by atoms with van der Waals surface area (Å²) < 4.78 is 4.89. The molecule has 0 saturated heterocycles.